The number of aliphatic hydroxyl groups excluding tert-OH is 1. The standard InChI is InChI=1S/C30H48N2O6/c1-17(25(34)31-16-24(26(35)36)32-27(37)38-28(2,3)4)21-9-10-22-20-8-7-18-15-19(33)11-13-29(18,5)23(20)12-14-30(21,22)6/h7,17,19-24,33H,8-16H2,1-6H3,(H,31,34)(H,32,37)(H,35,36)/t17-,19-,20-,21+,22-,23-,24-,29-,30+/m0/s1. The van der Waals surface area contributed by atoms with E-state index in [-0.39, 0.29) is 41.2 Å². The number of hydrogen-bond donors (Lipinski definition) is 4. The van der Waals surface area contributed by atoms with Crippen LogP contribution in [-0.2, 0) is 14.3 Å². The van der Waals surface area contributed by atoms with E-state index in [9.17, 15) is 24.6 Å². The van der Waals surface area contributed by atoms with Crippen LogP contribution >= 0.6 is 0 Å². The van der Waals surface area contributed by atoms with Crippen LogP contribution in [0.4, 0.5) is 4.79 Å². The number of allylic oxidation sites excluding steroid dienone is 1. The summed E-state index contributed by atoms with van der Waals surface area (Å²) in [6, 6.07) is -1.26. The second-order valence-corrected chi connectivity index (χ2v) is 14.0. The summed E-state index contributed by atoms with van der Waals surface area (Å²) in [4.78, 5) is 37.1. The Morgan fingerprint density at radius 2 is 1.82 bits per heavy atom. The average molecular weight is 533 g/mol. The van der Waals surface area contributed by atoms with Crippen LogP contribution < -0.4 is 10.6 Å². The van der Waals surface area contributed by atoms with Gasteiger partial charge in [0.2, 0.25) is 5.91 Å². The molecule has 4 aliphatic rings. The second kappa shape index (κ2) is 10.5. The van der Waals surface area contributed by atoms with Gasteiger partial charge in [-0.05, 0) is 107 Å². The molecule has 3 fully saturated rings. The molecule has 0 unspecified atom stereocenters. The van der Waals surface area contributed by atoms with Crippen molar-refractivity contribution in [3.8, 4) is 0 Å². The Kier molecular flexibility index (Phi) is 7.97. The van der Waals surface area contributed by atoms with Crippen LogP contribution in [0.25, 0.3) is 0 Å². The SMILES string of the molecule is C[C@H](C(=O)NC[C@H](NC(=O)OC(C)(C)C)C(=O)O)[C@H]1CC[C@H]2[C@@H]3CC=C4C[C@@H](O)CC[C@]4(C)[C@H]3CC[C@]12C. The predicted octanol–water partition coefficient (Wildman–Crippen LogP) is 4.66. The largest absolute Gasteiger partial charge is 0.480 e. The third-order valence-corrected chi connectivity index (χ3v) is 10.6. The van der Waals surface area contributed by atoms with E-state index >= 15 is 0 Å². The molecule has 0 aromatic carbocycles. The van der Waals surface area contributed by atoms with Crippen molar-refractivity contribution in [3.63, 3.8) is 0 Å². The van der Waals surface area contributed by atoms with Gasteiger partial charge < -0.3 is 25.6 Å². The van der Waals surface area contributed by atoms with Crippen molar-refractivity contribution in [1.82, 2.24) is 10.6 Å². The fourth-order valence-electron chi connectivity index (χ4n) is 8.70. The van der Waals surface area contributed by atoms with Gasteiger partial charge in [0.15, 0.2) is 0 Å². The van der Waals surface area contributed by atoms with Crippen LogP contribution in [-0.4, -0.2) is 52.5 Å². The smallest absolute Gasteiger partial charge is 0.408 e. The second-order valence-electron chi connectivity index (χ2n) is 14.0. The van der Waals surface area contributed by atoms with Crippen LogP contribution in [0, 0.1) is 40.4 Å². The molecule has 3 saturated carbocycles. The quantitative estimate of drug-likeness (QED) is 0.369. The first-order valence-electron chi connectivity index (χ1n) is 14.5. The molecule has 0 aromatic rings. The molecule has 8 heteroatoms. The number of nitrogens with one attached hydrogen (secondary N) is 2. The number of ether oxygens (including phenoxy) is 1. The van der Waals surface area contributed by atoms with E-state index in [2.05, 4.69) is 30.6 Å². The Labute approximate surface area is 227 Å². The zero-order chi connectivity index (χ0) is 28.0. The highest BCUT2D eigenvalue weighted by atomic mass is 16.6. The van der Waals surface area contributed by atoms with Gasteiger partial charge in [-0.25, -0.2) is 9.59 Å². The number of alkyl carbamates (subject to hydrolysis) is 1. The van der Waals surface area contributed by atoms with E-state index in [1.54, 1.807) is 20.8 Å². The van der Waals surface area contributed by atoms with Gasteiger partial charge in [-0.3, -0.25) is 4.79 Å². The van der Waals surface area contributed by atoms with E-state index in [0.29, 0.717) is 17.8 Å². The van der Waals surface area contributed by atoms with Gasteiger partial charge in [0.25, 0.3) is 0 Å². The minimum Gasteiger partial charge on any atom is -0.480 e. The topological polar surface area (TPSA) is 125 Å². The summed E-state index contributed by atoms with van der Waals surface area (Å²) >= 11 is 0. The monoisotopic (exact) mass is 532 g/mol. The van der Waals surface area contributed by atoms with Crippen molar-refractivity contribution in [2.75, 3.05) is 6.54 Å². The number of fused-ring (bicyclic) bond motifs is 5. The van der Waals surface area contributed by atoms with Crippen molar-refractivity contribution < 1.29 is 29.3 Å². The molecule has 4 rings (SSSR count). The van der Waals surface area contributed by atoms with Gasteiger partial charge in [0.1, 0.15) is 11.6 Å². The number of aliphatic hydroxyl groups is 1. The zero-order valence-electron chi connectivity index (χ0n) is 24.0. The molecular formula is C30H48N2O6. The van der Waals surface area contributed by atoms with Crippen LogP contribution in [0.3, 0.4) is 0 Å². The van der Waals surface area contributed by atoms with Crippen LogP contribution in [0.1, 0.15) is 92.9 Å². The highest BCUT2D eigenvalue weighted by Gasteiger charge is 2.59. The van der Waals surface area contributed by atoms with Crippen LogP contribution in [0.2, 0.25) is 0 Å². The minimum atomic E-state index is -1.26. The Hall–Kier alpha value is -2.09. The molecule has 214 valence electrons. The Morgan fingerprint density at radius 1 is 1.11 bits per heavy atom. The average Bonchev–Trinajstić information content (AvgIpc) is 3.17. The molecule has 9 atom stereocenters. The lowest BCUT2D eigenvalue weighted by Crippen LogP contribution is -2.52. The van der Waals surface area contributed by atoms with E-state index in [1.807, 2.05) is 6.92 Å². The number of amides is 2. The fourth-order valence-corrected chi connectivity index (χ4v) is 8.70. The molecule has 0 aliphatic heterocycles. The third-order valence-electron chi connectivity index (χ3n) is 10.6. The van der Waals surface area contributed by atoms with Gasteiger partial charge in [0, 0.05) is 12.5 Å². The maximum atomic E-state index is 13.3. The molecule has 0 saturated heterocycles. The number of carbonyl (C=O) groups excluding carboxylic acids is 2. The summed E-state index contributed by atoms with van der Waals surface area (Å²) in [5.41, 5.74) is 0.993. The molecule has 8 nitrogen and oxygen atoms in total. The van der Waals surface area contributed by atoms with Gasteiger partial charge in [-0.2, -0.15) is 0 Å². The van der Waals surface area contributed by atoms with Gasteiger partial charge in [-0.15, -0.1) is 0 Å². The number of rotatable bonds is 6. The molecule has 0 aromatic heterocycles. The lowest BCUT2D eigenvalue weighted by Gasteiger charge is -2.58. The number of carboxylic acids is 1. The lowest BCUT2D eigenvalue weighted by molar-refractivity contribution is -0.139. The maximum Gasteiger partial charge on any atom is 0.408 e. The first-order chi connectivity index (χ1) is 17.7. The third kappa shape index (κ3) is 5.47. The van der Waals surface area contributed by atoms with E-state index in [4.69, 9.17) is 4.74 Å². The van der Waals surface area contributed by atoms with Gasteiger partial charge >= 0.3 is 12.1 Å². The summed E-state index contributed by atoms with van der Waals surface area (Å²) in [6.45, 7) is 11.7. The van der Waals surface area contributed by atoms with Crippen LogP contribution in [0.5, 0.6) is 0 Å². The fraction of sp³-hybridized carbons (Fsp3) is 0.833. The molecule has 0 heterocycles. The molecule has 0 spiro atoms. The molecule has 0 bridgehead atoms. The Bertz CT molecular complexity index is 972. The normalized spacial score (nSPS) is 38.0. The highest BCUT2D eigenvalue weighted by molar-refractivity contribution is 5.83. The number of hydrogen-bond acceptors (Lipinski definition) is 5. The lowest BCUT2D eigenvalue weighted by atomic mass is 9.47. The van der Waals surface area contributed by atoms with Crippen molar-refractivity contribution in [2.24, 2.45) is 40.4 Å². The van der Waals surface area contributed by atoms with E-state index < -0.39 is 23.7 Å². The maximum absolute atomic E-state index is 13.3. The number of carbonyl (C=O) groups is 3. The molecule has 4 N–H and O–H groups in total. The summed E-state index contributed by atoms with van der Waals surface area (Å²) in [6.07, 6.45) is 9.65. The Morgan fingerprint density at radius 3 is 2.47 bits per heavy atom. The van der Waals surface area contributed by atoms with Gasteiger partial charge in [0.05, 0.1) is 6.10 Å². The molecule has 38 heavy (non-hydrogen) atoms. The predicted molar refractivity (Wildman–Crippen MR) is 144 cm³/mol. The Balaban J connectivity index is 1.39. The molecular weight excluding hydrogens is 484 g/mol. The van der Waals surface area contributed by atoms with E-state index in [0.717, 1.165) is 51.4 Å². The molecule has 4 aliphatic carbocycles. The van der Waals surface area contributed by atoms with Crippen LogP contribution in [0.15, 0.2) is 11.6 Å². The first-order valence-corrected chi connectivity index (χ1v) is 14.5. The first kappa shape index (κ1) is 28.9. The molecule has 0 radical (unpaired) electrons. The number of aliphatic carboxylic acids is 1. The highest BCUT2D eigenvalue weighted by Crippen LogP contribution is 2.67. The number of carboxylic acid groups (broad SMARTS) is 1. The summed E-state index contributed by atoms with van der Waals surface area (Å²) in [5, 5.41) is 25.0. The van der Waals surface area contributed by atoms with Crippen molar-refractivity contribution in [1.29, 1.82) is 0 Å². The van der Waals surface area contributed by atoms with Gasteiger partial charge in [-0.1, -0.05) is 32.4 Å². The van der Waals surface area contributed by atoms with Crippen molar-refractivity contribution in [2.45, 2.75) is 111 Å². The van der Waals surface area contributed by atoms with Crippen molar-refractivity contribution >= 4 is 18.0 Å². The molecule has 2 amide bonds. The minimum absolute atomic E-state index is 0.0781. The van der Waals surface area contributed by atoms with E-state index in [1.165, 1.54) is 5.57 Å². The summed E-state index contributed by atoms with van der Waals surface area (Å²) in [5.74, 6) is 0.454. The zero-order valence-corrected chi connectivity index (χ0v) is 24.0. The van der Waals surface area contributed by atoms with Crippen molar-refractivity contribution in [3.05, 3.63) is 11.6 Å². The summed E-state index contributed by atoms with van der Waals surface area (Å²) < 4.78 is 5.17. The summed E-state index contributed by atoms with van der Waals surface area (Å²) in [7, 11) is 0.